The van der Waals surface area contributed by atoms with Crippen LogP contribution < -0.4 is 10.6 Å². The summed E-state index contributed by atoms with van der Waals surface area (Å²) in [5, 5.41) is 6.38. The van der Waals surface area contributed by atoms with Gasteiger partial charge in [-0.05, 0) is 44.5 Å². The molecule has 2 rings (SSSR count). The number of benzene rings is 1. The average Bonchev–Trinajstić information content (AvgIpc) is 3.38. The third-order valence-corrected chi connectivity index (χ3v) is 4.35. The third-order valence-electron chi connectivity index (χ3n) is 4.35. The van der Waals surface area contributed by atoms with Crippen molar-refractivity contribution in [3.63, 3.8) is 0 Å². The van der Waals surface area contributed by atoms with Crippen molar-refractivity contribution in [2.24, 2.45) is 4.99 Å². The Kier molecular flexibility index (Phi) is 8.46. The first-order valence-electron chi connectivity index (χ1n) is 8.14. The maximum atomic E-state index is 12.5. The maximum absolute atomic E-state index is 12.5. The van der Waals surface area contributed by atoms with Crippen molar-refractivity contribution in [1.82, 2.24) is 15.5 Å². The predicted molar refractivity (Wildman–Crippen MR) is 105 cm³/mol. The molecule has 1 aromatic rings. The SMILES string of the molecule is CN=C(NCc1ccc(C(F)(F)F)cc1)NCC(C)N(C)C1CC1.I. The molecule has 0 saturated heterocycles. The zero-order chi connectivity index (χ0) is 17.7. The Morgan fingerprint density at radius 2 is 1.84 bits per heavy atom. The van der Waals surface area contributed by atoms with Gasteiger partial charge in [0.2, 0.25) is 0 Å². The normalized spacial score (nSPS) is 16.4. The lowest BCUT2D eigenvalue weighted by Crippen LogP contribution is -2.45. The second kappa shape index (κ2) is 9.61. The average molecular weight is 470 g/mol. The van der Waals surface area contributed by atoms with Crippen LogP contribution in [0.2, 0.25) is 0 Å². The second-order valence-corrected chi connectivity index (χ2v) is 6.25. The molecule has 0 spiro atoms. The number of nitrogens with one attached hydrogen (secondary N) is 2. The van der Waals surface area contributed by atoms with Gasteiger partial charge in [-0.2, -0.15) is 13.2 Å². The van der Waals surface area contributed by atoms with Gasteiger partial charge in [0.05, 0.1) is 5.56 Å². The molecule has 0 heterocycles. The van der Waals surface area contributed by atoms with Gasteiger partial charge in [-0.3, -0.25) is 9.89 Å². The number of likely N-dealkylation sites (N-methyl/N-ethyl adjacent to an activating group) is 1. The number of hydrogen-bond acceptors (Lipinski definition) is 2. The fourth-order valence-corrected chi connectivity index (χ4v) is 2.45. The van der Waals surface area contributed by atoms with Crippen molar-refractivity contribution in [3.05, 3.63) is 35.4 Å². The molecule has 4 nitrogen and oxygen atoms in total. The molecule has 1 atom stereocenters. The first-order chi connectivity index (χ1) is 11.3. The van der Waals surface area contributed by atoms with Crippen molar-refractivity contribution in [2.45, 2.75) is 44.6 Å². The standard InChI is InChI=1S/C17H25F3N4.HI/c1-12(24(3)15-8-9-15)10-22-16(21-2)23-11-13-4-6-14(7-5-13)17(18,19)20;/h4-7,12,15H,8-11H2,1-3H3,(H2,21,22,23);1H. The van der Waals surface area contributed by atoms with Gasteiger partial charge in [0.15, 0.2) is 5.96 Å². The van der Waals surface area contributed by atoms with E-state index in [9.17, 15) is 13.2 Å². The smallest absolute Gasteiger partial charge is 0.355 e. The molecular formula is C17H26F3IN4. The van der Waals surface area contributed by atoms with E-state index in [0.29, 0.717) is 24.6 Å². The Hall–Kier alpha value is -1.03. The summed E-state index contributed by atoms with van der Waals surface area (Å²) in [5.74, 6) is 0.644. The number of alkyl halides is 3. The van der Waals surface area contributed by atoms with Gasteiger partial charge >= 0.3 is 6.18 Å². The molecule has 0 radical (unpaired) electrons. The molecular weight excluding hydrogens is 444 g/mol. The quantitative estimate of drug-likeness (QED) is 0.380. The van der Waals surface area contributed by atoms with Crippen LogP contribution in [-0.2, 0) is 12.7 Å². The summed E-state index contributed by atoms with van der Waals surface area (Å²) in [6, 6.07) is 6.24. The lowest BCUT2D eigenvalue weighted by Gasteiger charge is -2.25. The maximum Gasteiger partial charge on any atom is 0.416 e. The summed E-state index contributed by atoms with van der Waals surface area (Å²) in [6.07, 6.45) is -1.77. The van der Waals surface area contributed by atoms with E-state index in [0.717, 1.165) is 24.2 Å². The molecule has 1 aliphatic rings. The number of rotatable bonds is 6. The van der Waals surface area contributed by atoms with Gasteiger partial charge in [-0.15, -0.1) is 24.0 Å². The molecule has 0 amide bonds. The van der Waals surface area contributed by atoms with Crippen LogP contribution >= 0.6 is 24.0 Å². The minimum Gasteiger partial charge on any atom is -0.355 e. The van der Waals surface area contributed by atoms with Crippen LogP contribution in [0.4, 0.5) is 13.2 Å². The number of aliphatic imine (C=N–C) groups is 1. The number of hydrogen-bond donors (Lipinski definition) is 2. The summed E-state index contributed by atoms with van der Waals surface area (Å²) in [6.45, 7) is 3.35. The molecule has 1 unspecified atom stereocenters. The van der Waals surface area contributed by atoms with Crippen LogP contribution in [0.25, 0.3) is 0 Å². The number of guanidine groups is 1. The van der Waals surface area contributed by atoms with Crippen molar-refractivity contribution < 1.29 is 13.2 Å². The fraction of sp³-hybridized carbons (Fsp3) is 0.588. The van der Waals surface area contributed by atoms with E-state index in [2.05, 4.69) is 34.5 Å². The Morgan fingerprint density at radius 1 is 1.24 bits per heavy atom. The topological polar surface area (TPSA) is 39.7 Å². The molecule has 1 aliphatic carbocycles. The summed E-state index contributed by atoms with van der Waals surface area (Å²) in [7, 11) is 3.81. The molecule has 142 valence electrons. The van der Waals surface area contributed by atoms with Crippen LogP contribution in [0.1, 0.15) is 30.9 Å². The summed E-state index contributed by atoms with van der Waals surface area (Å²) in [5.41, 5.74) is 0.139. The first kappa shape index (κ1) is 22.0. The lowest BCUT2D eigenvalue weighted by atomic mass is 10.1. The van der Waals surface area contributed by atoms with Gasteiger partial charge in [0, 0.05) is 32.2 Å². The Bertz CT molecular complexity index is 556. The molecule has 0 aromatic heterocycles. The Morgan fingerprint density at radius 3 is 2.32 bits per heavy atom. The highest BCUT2D eigenvalue weighted by atomic mass is 127. The highest BCUT2D eigenvalue weighted by Crippen LogP contribution is 2.29. The molecule has 1 saturated carbocycles. The zero-order valence-electron chi connectivity index (χ0n) is 14.7. The van der Waals surface area contributed by atoms with Crippen LogP contribution in [0.15, 0.2) is 29.3 Å². The Balaban J connectivity index is 0.00000312. The largest absolute Gasteiger partial charge is 0.416 e. The van der Waals surface area contributed by atoms with E-state index in [1.807, 2.05) is 0 Å². The molecule has 0 aliphatic heterocycles. The van der Waals surface area contributed by atoms with E-state index in [-0.39, 0.29) is 24.0 Å². The van der Waals surface area contributed by atoms with Crippen LogP contribution in [0, 0.1) is 0 Å². The molecule has 1 aromatic carbocycles. The van der Waals surface area contributed by atoms with Gasteiger partial charge in [0.25, 0.3) is 0 Å². The van der Waals surface area contributed by atoms with Gasteiger partial charge in [-0.25, -0.2) is 0 Å². The minimum absolute atomic E-state index is 0. The van der Waals surface area contributed by atoms with E-state index < -0.39 is 11.7 Å². The molecule has 1 fully saturated rings. The number of nitrogens with zero attached hydrogens (tertiary/aromatic N) is 2. The number of halogens is 4. The second-order valence-electron chi connectivity index (χ2n) is 6.25. The van der Waals surface area contributed by atoms with E-state index in [4.69, 9.17) is 0 Å². The predicted octanol–water partition coefficient (Wildman–Crippen LogP) is 3.47. The Labute approximate surface area is 164 Å². The van der Waals surface area contributed by atoms with Crippen molar-refractivity contribution >= 4 is 29.9 Å². The van der Waals surface area contributed by atoms with E-state index >= 15 is 0 Å². The summed E-state index contributed by atoms with van der Waals surface area (Å²) in [4.78, 5) is 6.50. The third kappa shape index (κ3) is 7.01. The first-order valence-corrected chi connectivity index (χ1v) is 8.14. The van der Waals surface area contributed by atoms with Gasteiger partial charge < -0.3 is 10.6 Å². The van der Waals surface area contributed by atoms with Crippen LogP contribution in [0.5, 0.6) is 0 Å². The van der Waals surface area contributed by atoms with Crippen LogP contribution in [-0.4, -0.2) is 43.6 Å². The molecule has 8 heteroatoms. The van der Waals surface area contributed by atoms with Crippen molar-refractivity contribution in [3.8, 4) is 0 Å². The zero-order valence-corrected chi connectivity index (χ0v) is 17.1. The molecule has 25 heavy (non-hydrogen) atoms. The lowest BCUT2D eigenvalue weighted by molar-refractivity contribution is -0.137. The van der Waals surface area contributed by atoms with Gasteiger partial charge in [-0.1, -0.05) is 12.1 Å². The molecule has 0 bridgehead atoms. The van der Waals surface area contributed by atoms with Gasteiger partial charge in [0.1, 0.15) is 0 Å². The van der Waals surface area contributed by atoms with Crippen molar-refractivity contribution in [2.75, 3.05) is 20.6 Å². The van der Waals surface area contributed by atoms with Crippen LogP contribution in [0.3, 0.4) is 0 Å². The van der Waals surface area contributed by atoms with Crippen molar-refractivity contribution in [1.29, 1.82) is 0 Å². The van der Waals surface area contributed by atoms with E-state index in [1.54, 1.807) is 7.05 Å². The summed E-state index contributed by atoms with van der Waals surface area (Å²) < 4.78 is 37.6. The monoisotopic (exact) mass is 470 g/mol. The van der Waals surface area contributed by atoms with E-state index in [1.165, 1.54) is 25.0 Å². The molecule has 2 N–H and O–H groups in total. The highest BCUT2D eigenvalue weighted by Gasteiger charge is 2.30. The minimum atomic E-state index is -4.30. The highest BCUT2D eigenvalue weighted by molar-refractivity contribution is 14.0. The summed E-state index contributed by atoms with van der Waals surface area (Å²) >= 11 is 0. The fourth-order valence-electron chi connectivity index (χ4n) is 2.45.